The summed E-state index contributed by atoms with van der Waals surface area (Å²) >= 11 is 1.57. The number of carbonyl (C=O) groups excluding carboxylic acids is 2. The van der Waals surface area contributed by atoms with Crippen LogP contribution < -0.4 is 5.32 Å². The van der Waals surface area contributed by atoms with Gasteiger partial charge in [0, 0.05) is 0 Å². The van der Waals surface area contributed by atoms with E-state index in [1.165, 1.54) is 6.92 Å². The van der Waals surface area contributed by atoms with E-state index < -0.39 is 17.6 Å². The number of nitrogens with one attached hydrogen (secondary N) is 1. The van der Waals surface area contributed by atoms with E-state index in [1.54, 1.807) is 11.3 Å². The molecule has 2 aromatic carbocycles. The number of benzene rings is 2. The van der Waals surface area contributed by atoms with Crippen LogP contribution in [0, 0.1) is 0 Å². The van der Waals surface area contributed by atoms with Gasteiger partial charge in [-0.05, 0) is 30.2 Å². The Morgan fingerprint density at radius 2 is 1.83 bits per heavy atom. The zero-order valence-electron chi connectivity index (χ0n) is 15.9. The fraction of sp³-hybridized carbons (Fsp3) is 0.190. The number of cyclic esters (lactones) is 1. The first kappa shape index (κ1) is 18.4. The number of carbonyl (C=O) groups is 2. The van der Waals surface area contributed by atoms with Gasteiger partial charge in [0.2, 0.25) is 11.8 Å². The van der Waals surface area contributed by atoms with Crippen LogP contribution in [0.5, 0.6) is 0 Å². The van der Waals surface area contributed by atoms with Gasteiger partial charge in [0.1, 0.15) is 5.01 Å². The number of imide groups is 1. The average Bonchev–Trinajstić information content (AvgIpc) is 3.39. The third-order valence-corrected chi connectivity index (χ3v) is 5.87. The van der Waals surface area contributed by atoms with Crippen LogP contribution in [0.1, 0.15) is 23.7 Å². The molecule has 2 amide bonds. The largest absolute Gasteiger partial charge is 0.432 e. The summed E-state index contributed by atoms with van der Waals surface area (Å²) in [5, 5.41) is 11.0. The van der Waals surface area contributed by atoms with Crippen molar-refractivity contribution in [1.29, 1.82) is 0 Å². The summed E-state index contributed by atoms with van der Waals surface area (Å²) in [5.41, 5.74) is 1.86. The summed E-state index contributed by atoms with van der Waals surface area (Å²) in [6.45, 7) is 1.51. The Labute approximate surface area is 174 Å². The molecule has 0 spiro atoms. The van der Waals surface area contributed by atoms with Crippen LogP contribution in [-0.2, 0) is 22.4 Å². The second kappa shape index (κ2) is 7.03. The van der Waals surface area contributed by atoms with Crippen molar-refractivity contribution in [2.24, 2.45) is 0 Å². The molecule has 0 saturated carbocycles. The van der Waals surface area contributed by atoms with E-state index in [0.717, 1.165) is 26.4 Å². The zero-order valence-corrected chi connectivity index (χ0v) is 16.7. The summed E-state index contributed by atoms with van der Waals surface area (Å²) in [6.07, 6.45) is -0.375. The fourth-order valence-electron chi connectivity index (χ4n) is 3.33. The second-order valence-corrected chi connectivity index (χ2v) is 8.29. The number of hydrogen-bond acceptors (Lipinski definition) is 8. The molecule has 3 heterocycles. The molecule has 1 N–H and O–H groups in total. The molecule has 4 aromatic rings. The summed E-state index contributed by atoms with van der Waals surface area (Å²) in [7, 11) is 0. The Hall–Kier alpha value is -3.59. The molecule has 1 unspecified atom stereocenters. The van der Waals surface area contributed by atoms with Crippen LogP contribution in [0.4, 0.5) is 4.79 Å². The SMILES string of the molecule is CC1(Cc2nnc(Cc3nc4ccc(-c5ccccc5)cc4s3)o2)OC(=O)NC1=O. The van der Waals surface area contributed by atoms with E-state index in [-0.39, 0.29) is 12.3 Å². The molecule has 30 heavy (non-hydrogen) atoms. The minimum absolute atomic E-state index is 0.0118. The van der Waals surface area contributed by atoms with E-state index in [9.17, 15) is 9.59 Å². The molecule has 0 aliphatic carbocycles. The molecular weight excluding hydrogens is 404 g/mol. The van der Waals surface area contributed by atoms with E-state index in [0.29, 0.717) is 12.3 Å². The number of thiazole rings is 1. The first-order chi connectivity index (χ1) is 14.5. The van der Waals surface area contributed by atoms with Crippen LogP contribution >= 0.6 is 11.3 Å². The molecule has 0 radical (unpaired) electrons. The number of rotatable bonds is 5. The molecule has 2 aromatic heterocycles. The van der Waals surface area contributed by atoms with Crippen molar-refractivity contribution in [2.75, 3.05) is 0 Å². The predicted octanol–water partition coefficient (Wildman–Crippen LogP) is 3.50. The van der Waals surface area contributed by atoms with Crippen molar-refractivity contribution in [2.45, 2.75) is 25.4 Å². The molecule has 1 aliphatic heterocycles. The lowest BCUT2D eigenvalue weighted by molar-refractivity contribution is -0.130. The highest BCUT2D eigenvalue weighted by Crippen LogP contribution is 2.29. The number of ether oxygens (including phenoxy) is 1. The number of aromatic nitrogens is 3. The lowest BCUT2D eigenvalue weighted by Gasteiger charge is -2.15. The normalized spacial score (nSPS) is 18.6. The zero-order chi connectivity index (χ0) is 20.7. The molecule has 150 valence electrons. The predicted molar refractivity (Wildman–Crippen MR) is 109 cm³/mol. The number of amides is 2. The number of nitrogens with zero attached hydrogens (tertiary/aromatic N) is 3. The smallest absolute Gasteiger partial charge is 0.415 e. The van der Waals surface area contributed by atoms with Gasteiger partial charge in [0.05, 0.1) is 23.1 Å². The van der Waals surface area contributed by atoms with Gasteiger partial charge < -0.3 is 9.15 Å². The molecule has 1 fully saturated rings. The minimum Gasteiger partial charge on any atom is -0.432 e. The van der Waals surface area contributed by atoms with Crippen molar-refractivity contribution >= 4 is 33.6 Å². The van der Waals surface area contributed by atoms with Crippen molar-refractivity contribution in [3.63, 3.8) is 0 Å². The Balaban J connectivity index is 1.34. The van der Waals surface area contributed by atoms with Crippen molar-refractivity contribution in [3.05, 3.63) is 65.3 Å². The monoisotopic (exact) mass is 420 g/mol. The van der Waals surface area contributed by atoms with Gasteiger partial charge in [-0.15, -0.1) is 21.5 Å². The van der Waals surface area contributed by atoms with E-state index in [2.05, 4.69) is 44.8 Å². The molecule has 5 rings (SSSR count). The lowest BCUT2D eigenvalue weighted by Crippen LogP contribution is -2.38. The van der Waals surface area contributed by atoms with Crippen LogP contribution in [0.2, 0.25) is 0 Å². The van der Waals surface area contributed by atoms with E-state index >= 15 is 0 Å². The third kappa shape index (κ3) is 3.43. The van der Waals surface area contributed by atoms with Gasteiger partial charge in [-0.3, -0.25) is 10.1 Å². The maximum Gasteiger partial charge on any atom is 0.415 e. The fourth-order valence-corrected chi connectivity index (χ4v) is 4.32. The van der Waals surface area contributed by atoms with Gasteiger partial charge in [0.15, 0.2) is 5.60 Å². The standard InChI is InChI=1S/C21H16N4O4S/c1-21(19(26)23-20(27)29-21)11-17-25-24-16(28-17)10-18-22-14-8-7-13(9-15(14)30-18)12-5-3-2-4-6-12/h2-9H,10-11H2,1H3,(H,23,26,27). The van der Waals surface area contributed by atoms with Crippen molar-refractivity contribution in [3.8, 4) is 11.1 Å². The maximum atomic E-state index is 11.9. The topological polar surface area (TPSA) is 107 Å². The molecule has 0 bridgehead atoms. The van der Waals surface area contributed by atoms with Gasteiger partial charge in [-0.1, -0.05) is 36.4 Å². The van der Waals surface area contributed by atoms with Crippen LogP contribution in [0.25, 0.3) is 21.3 Å². The highest BCUT2D eigenvalue weighted by atomic mass is 32.1. The van der Waals surface area contributed by atoms with Crippen LogP contribution in [0.15, 0.2) is 52.9 Å². The van der Waals surface area contributed by atoms with Crippen molar-refractivity contribution < 1.29 is 18.7 Å². The molecule has 1 atom stereocenters. The van der Waals surface area contributed by atoms with Crippen LogP contribution in [0.3, 0.4) is 0 Å². The third-order valence-electron chi connectivity index (χ3n) is 4.85. The first-order valence-corrected chi connectivity index (χ1v) is 10.1. The summed E-state index contributed by atoms with van der Waals surface area (Å²) < 4.78 is 11.8. The Morgan fingerprint density at radius 3 is 2.60 bits per heavy atom. The molecule has 9 heteroatoms. The highest BCUT2D eigenvalue weighted by molar-refractivity contribution is 7.18. The van der Waals surface area contributed by atoms with Gasteiger partial charge in [-0.2, -0.15) is 0 Å². The average molecular weight is 420 g/mol. The number of alkyl carbamates (subject to hydrolysis) is 1. The molecule has 1 aliphatic rings. The summed E-state index contributed by atoms with van der Waals surface area (Å²) in [6, 6.07) is 16.4. The lowest BCUT2D eigenvalue weighted by atomic mass is 10.0. The molecule has 8 nitrogen and oxygen atoms in total. The number of fused-ring (bicyclic) bond motifs is 1. The van der Waals surface area contributed by atoms with E-state index in [1.807, 2.05) is 24.3 Å². The highest BCUT2D eigenvalue weighted by Gasteiger charge is 2.46. The molecular formula is C21H16N4O4S. The maximum absolute atomic E-state index is 11.9. The quantitative estimate of drug-likeness (QED) is 0.526. The van der Waals surface area contributed by atoms with Gasteiger partial charge in [-0.25, -0.2) is 9.78 Å². The first-order valence-electron chi connectivity index (χ1n) is 9.29. The molecule has 1 saturated heterocycles. The summed E-state index contributed by atoms with van der Waals surface area (Å²) in [4.78, 5) is 27.8. The Kier molecular flexibility index (Phi) is 4.32. The second-order valence-electron chi connectivity index (χ2n) is 7.17. The summed E-state index contributed by atoms with van der Waals surface area (Å²) in [5.74, 6) is 0.0955. The van der Waals surface area contributed by atoms with Gasteiger partial charge >= 0.3 is 6.09 Å². The number of hydrogen-bond donors (Lipinski definition) is 1. The van der Waals surface area contributed by atoms with Crippen LogP contribution in [-0.4, -0.2) is 32.8 Å². The van der Waals surface area contributed by atoms with Crippen molar-refractivity contribution in [1.82, 2.24) is 20.5 Å². The van der Waals surface area contributed by atoms with Gasteiger partial charge in [0.25, 0.3) is 5.91 Å². The Bertz CT molecular complexity index is 1270. The minimum atomic E-state index is -1.34. The Morgan fingerprint density at radius 1 is 1.03 bits per heavy atom. The van der Waals surface area contributed by atoms with E-state index in [4.69, 9.17) is 9.15 Å².